The van der Waals surface area contributed by atoms with Crippen LogP contribution in [0.5, 0.6) is 0 Å². The first kappa shape index (κ1) is 20.1. The van der Waals surface area contributed by atoms with Gasteiger partial charge < -0.3 is 15.4 Å². The van der Waals surface area contributed by atoms with Gasteiger partial charge in [-0.2, -0.15) is 0 Å². The molecule has 0 spiro atoms. The summed E-state index contributed by atoms with van der Waals surface area (Å²) in [5.41, 5.74) is 3.74. The summed E-state index contributed by atoms with van der Waals surface area (Å²) in [6.45, 7) is 0.302. The number of benzene rings is 2. The summed E-state index contributed by atoms with van der Waals surface area (Å²) in [4.78, 5) is 28.8. The molecule has 1 atom stereocenters. The fraction of sp³-hybridized carbons (Fsp3) is 0.261. The van der Waals surface area contributed by atoms with Crippen LogP contribution >= 0.6 is 11.3 Å². The average molecular weight is 422 g/mol. The molecule has 1 aliphatic rings. The topological polar surface area (TPSA) is 80.3 Å². The maximum atomic E-state index is 12.3. The van der Waals surface area contributed by atoms with Crippen molar-refractivity contribution in [2.75, 3.05) is 11.9 Å². The molecule has 0 saturated heterocycles. The van der Waals surface area contributed by atoms with Gasteiger partial charge in [0.25, 0.3) is 5.91 Å². The van der Waals surface area contributed by atoms with Crippen LogP contribution in [0.2, 0.25) is 0 Å². The minimum atomic E-state index is -0.599. The summed E-state index contributed by atoms with van der Waals surface area (Å²) in [5, 5.41) is 8.43. The van der Waals surface area contributed by atoms with Crippen LogP contribution in [0.3, 0.4) is 0 Å². The normalized spacial score (nSPS) is 15.1. The molecule has 2 aromatic carbocycles. The predicted molar refractivity (Wildman–Crippen MR) is 116 cm³/mol. The van der Waals surface area contributed by atoms with Crippen molar-refractivity contribution in [2.24, 2.45) is 0 Å². The van der Waals surface area contributed by atoms with Crippen molar-refractivity contribution in [2.45, 2.75) is 31.8 Å². The SMILES string of the molecule is O=C(COC(=O)c1csc(NCc2ccccc2)n1)N[C@H]1CCCc2ccccc21. The third-order valence-electron chi connectivity index (χ3n) is 5.04. The summed E-state index contributed by atoms with van der Waals surface area (Å²) in [5.74, 6) is -0.902. The van der Waals surface area contributed by atoms with Crippen molar-refractivity contribution in [3.63, 3.8) is 0 Å². The molecule has 4 rings (SSSR count). The van der Waals surface area contributed by atoms with E-state index in [2.05, 4.69) is 21.7 Å². The van der Waals surface area contributed by atoms with Crippen molar-refractivity contribution >= 4 is 28.3 Å². The van der Waals surface area contributed by atoms with Gasteiger partial charge in [-0.1, -0.05) is 54.6 Å². The number of carbonyl (C=O) groups excluding carboxylic acids is 2. The highest BCUT2D eigenvalue weighted by Crippen LogP contribution is 2.29. The Morgan fingerprint density at radius 1 is 1.10 bits per heavy atom. The number of aryl methyl sites for hydroxylation is 1. The van der Waals surface area contributed by atoms with Gasteiger partial charge in [-0.05, 0) is 36.0 Å². The van der Waals surface area contributed by atoms with Gasteiger partial charge in [0.2, 0.25) is 0 Å². The van der Waals surface area contributed by atoms with Crippen molar-refractivity contribution in [1.29, 1.82) is 0 Å². The number of rotatable bonds is 7. The van der Waals surface area contributed by atoms with Crippen molar-refractivity contribution in [3.8, 4) is 0 Å². The molecular formula is C23H23N3O3S. The zero-order valence-electron chi connectivity index (χ0n) is 16.5. The monoisotopic (exact) mass is 421 g/mol. The molecule has 0 fully saturated rings. The number of thiazole rings is 1. The van der Waals surface area contributed by atoms with Crippen molar-refractivity contribution < 1.29 is 14.3 Å². The number of hydrogen-bond acceptors (Lipinski definition) is 6. The van der Waals surface area contributed by atoms with E-state index in [1.54, 1.807) is 5.38 Å². The van der Waals surface area contributed by atoms with Crippen LogP contribution in [-0.4, -0.2) is 23.5 Å². The smallest absolute Gasteiger partial charge is 0.358 e. The molecule has 0 bridgehead atoms. The Kier molecular flexibility index (Phi) is 6.39. The van der Waals surface area contributed by atoms with E-state index in [0.29, 0.717) is 11.7 Å². The Bertz CT molecular complexity index is 1020. The van der Waals surface area contributed by atoms with Gasteiger partial charge in [-0.15, -0.1) is 11.3 Å². The van der Waals surface area contributed by atoms with Crippen LogP contribution < -0.4 is 10.6 Å². The summed E-state index contributed by atoms with van der Waals surface area (Å²) in [7, 11) is 0. The first-order valence-electron chi connectivity index (χ1n) is 9.96. The molecule has 0 aliphatic heterocycles. The van der Waals surface area contributed by atoms with Gasteiger partial charge in [-0.25, -0.2) is 9.78 Å². The van der Waals surface area contributed by atoms with Crippen molar-refractivity contribution in [1.82, 2.24) is 10.3 Å². The Balaban J connectivity index is 1.26. The number of aromatic nitrogens is 1. The van der Waals surface area contributed by atoms with Gasteiger partial charge in [0.1, 0.15) is 0 Å². The minimum absolute atomic E-state index is 0.0331. The van der Waals surface area contributed by atoms with Crippen molar-refractivity contribution in [3.05, 3.63) is 82.4 Å². The average Bonchev–Trinajstić information content (AvgIpc) is 3.26. The van der Waals surface area contributed by atoms with Crippen LogP contribution in [0.15, 0.2) is 60.0 Å². The van der Waals surface area contributed by atoms with E-state index in [1.807, 2.05) is 48.5 Å². The lowest BCUT2D eigenvalue weighted by atomic mass is 9.88. The summed E-state index contributed by atoms with van der Waals surface area (Å²) < 4.78 is 5.16. The largest absolute Gasteiger partial charge is 0.451 e. The zero-order valence-corrected chi connectivity index (χ0v) is 17.3. The minimum Gasteiger partial charge on any atom is -0.451 e. The molecule has 1 amide bonds. The van der Waals surface area contributed by atoms with Crippen LogP contribution in [-0.2, 0) is 22.5 Å². The summed E-state index contributed by atoms with van der Waals surface area (Å²) in [6, 6.07) is 18.0. The fourth-order valence-electron chi connectivity index (χ4n) is 3.57. The number of hydrogen-bond donors (Lipinski definition) is 2. The molecule has 1 aliphatic carbocycles. The second-order valence-electron chi connectivity index (χ2n) is 7.16. The highest BCUT2D eigenvalue weighted by atomic mass is 32.1. The maximum Gasteiger partial charge on any atom is 0.358 e. The Morgan fingerprint density at radius 2 is 1.90 bits per heavy atom. The van der Waals surface area contributed by atoms with Crippen LogP contribution in [0.1, 0.15) is 46.1 Å². The van der Waals surface area contributed by atoms with E-state index in [0.717, 1.165) is 30.4 Å². The first-order valence-corrected chi connectivity index (χ1v) is 10.8. The summed E-state index contributed by atoms with van der Waals surface area (Å²) >= 11 is 1.33. The number of carbonyl (C=O) groups is 2. The lowest BCUT2D eigenvalue weighted by molar-refractivity contribution is -0.125. The fourth-order valence-corrected chi connectivity index (χ4v) is 4.25. The molecule has 30 heavy (non-hydrogen) atoms. The Labute approximate surface area is 179 Å². The van der Waals surface area contributed by atoms with Gasteiger partial charge in [-0.3, -0.25) is 4.79 Å². The van der Waals surface area contributed by atoms with E-state index in [-0.39, 0.29) is 24.2 Å². The molecule has 154 valence electrons. The Morgan fingerprint density at radius 3 is 2.77 bits per heavy atom. The van der Waals surface area contributed by atoms with E-state index >= 15 is 0 Å². The number of fused-ring (bicyclic) bond motifs is 1. The second-order valence-corrected chi connectivity index (χ2v) is 8.02. The van der Waals surface area contributed by atoms with Crippen LogP contribution in [0.4, 0.5) is 5.13 Å². The number of ether oxygens (including phenoxy) is 1. The highest BCUT2D eigenvalue weighted by molar-refractivity contribution is 7.13. The van der Waals surface area contributed by atoms with Gasteiger partial charge in [0.05, 0.1) is 6.04 Å². The predicted octanol–water partition coefficient (Wildman–Crippen LogP) is 4.11. The first-order chi connectivity index (χ1) is 14.7. The third-order valence-corrected chi connectivity index (χ3v) is 5.84. The van der Waals surface area contributed by atoms with E-state index in [1.165, 1.54) is 16.9 Å². The molecule has 0 unspecified atom stereocenters. The summed E-state index contributed by atoms with van der Waals surface area (Å²) in [6.07, 6.45) is 2.94. The molecule has 3 aromatic rings. The molecule has 0 saturated carbocycles. The maximum absolute atomic E-state index is 12.3. The standard InChI is InChI=1S/C23H23N3O3S/c27-21(25-19-12-6-10-17-9-4-5-11-18(17)19)14-29-22(28)20-15-30-23(26-20)24-13-16-7-2-1-3-8-16/h1-5,7-9,11,15,19H,6,10,12-14H2,(H,24,26)(H,25,27)/t19-/m0/s1. The van der Waals surface area contributed by atoms with Crippen LogP contribution in [0.25, 0.3) is 0 Å². The molecule has 0 radical (unpaired) electrons. The lowest BCUT2D eigenvalue weighted by Crippen LogP contribution is -2.34. The molecule has 6 nitrogen and oxygen atoms in total. The molecular weight excluding hydrogens is 398 g/mol. The number of nitrogens with one attached hydrogen (secondary N) is 2. The van der Waals surface area contributed by atoms with Gasteiger partial charge in [0.15, 0.2) is 17.4 Å². The third kappa shape index (κ3) is 5.04. The van der Waals surface area contributed by atoms with E-state index in [4.69, 9.17) is 4.74 Å². The van der Waals surface area contributed by atoms with Crippen LogP contribution in [0, 0.1) is 0 Å². The second kappa shape index (κ2) is 9.54. The molecule has 1 aromatic heterocycles. The highest BCUT2D eigenvalue weighted by Gasteiger charge is 2.22. The number of nitrogens with zero attached hydrogens (tertiary/aromatic N) is 1. The van der Waals surface area contributed by atoms with Gasteiger partial charge >= 0.3 is 5.97 Å². The molecule has 7 heteroatoms. The lowest BCUT2D eigenvalue weighted by Gasteiger charge is -2.26. The Hall–Kier alpha value is -3.19. The van der Waals surface area contributed by atoms with E-state index in [9.17, 15) is 9.59 Å². The van der Waals surface area contributed by atoms with Gasteiger partial charge in [0, 0.05) is 11.9 Å². The number of anilines is 1. The number of esters is 1. The zero-order chi connectivity index (χ0) is 20.8. The molecule has 2 N–H and O–H groups in total. The van der Waals surface area contributed by atoms with E-state index < -0.39 is 5.97 Å². The number of amides is 1. The quantitative estimate of drug-likeness (QED) is 0.561. The molecule has 1 heterocycles.